The van der Waals surface area contributed by atoms with Gasteiger partial charge in [0.15, 0.2) is 0 Å². The maximum Gasteiger partial charge on any atom is 0.251 e. The number of rotatable bonds is 8. The largest absolute Gasteiger partial charge is 0.370 e. The second-order valence-corrected chi connectivity index (χ2v) is 8.16. The molecule has 0 radical (unpaired) electrons. The van der Waals surface area contributed by atoms with Crippen molar-refractivity contribution in [1.82, 2.24) is 30.2 Å². The number of hydrogen-bond donors (Lipinski definition) is 3. The van der Waals surface area contributed by atoms with Crippen LogP contribution in [0.15, 0.2) is 55.2 Å². The van der Waals surface area contributed by atoms with E-state index in [1.807, 2.05) is 18.2 Å². The van der Waals surface area contributed by atoms with Crippen LogP contribution >= 0.6 is 0 Å². The minimum Gasteiger partial charge on any atom is -0.370 e. The van der Waals surface area contributed by atoms with Crippen LogP contribution < -0.4 is 16.0 Å². The van der Waals surface area contributed by atoms with Gasteiger partial charge in [-0.1, -0.05) is 32.0 Å². The maximum absolute atomic E-state index is 12.3. The third kappa shape index (κ3) is 4.78. The summed E-state index contributed by atoms with van der Waals surface area (Å²) in [5.41, 5.74) is 4.17. The van der Waals surface area contributed by atoms with Crippen molar-refractivity contribution in [2.75, 3.05) is 31.3 Å². The highest BCUT2D eigenvalue weighted by atomic mass is 16.1. The molecule has 4 rings (SSSR count). The second-order valence-electron chi connectivity index (χ2n) is 8.16. The fourth-order valence-electron chi connectivity index (χ4n) is 3.85. The molecule has 2 atom stereocenters. The lowest BCUT2D eigenvalue weighted by molar-refractivity contribution is 0.0964. The van der Waals surface area contributed by atoms with Crippen LogP contribution in [0.4, 0.5) is 11.8 Å². The molecule has 3 heterocycles. The van der Waals surface area contributed by atoms with Crippen LogP contribution in [0.2, 0.25) is 0 Å². The number of carbonyl (C=O) groups excluding carboxylic acids is 1. The van der Waals surface area contributed by atoms with E-state index < -0.39 is 0 Å². The molecule has 0 aliphatic rings. The zero-order valence-corrected chi connectivity index (χ0v) is 19.7. The van der Waals surface area contributed by atoms with Gasteiger partial charge in [0.05, 0.1) is 16.8 Å². The van der Waals surface area contributed by atoms with Crippen LogP contribution in [0.1, 0.15) is 35.7 Å². The standard InChI is InChI=1S/C25H28N8O/c1-15(11-29-22-10-21(32-14-33-22)17-12-30-25(27-4)31-13-17)16(2)18-6-5-7-19-20(24(34)26-3)8-9-28-23(18)19/h5-10,12-16H,11H2,1-4H3,(H,26,34)(H,27,30,31)(H,29,32,33)/t15-,16?/m1/s1. The molecule has 3 aromatic heterocycles. The zero-order chi connectivity index (χ0) is 24.1. The molecular weight excluding hydrogens is 428 g/mol. The van der Waals surface area contributed by atoms with Crippen LogP contribution in [0.5, 0.6) is 0 Å². The van der Waals surface area contributed by atoms with Crippen LogP contribution in [0, 0.1) is 5.92 Å². The molecule has 1 aromatic carbocycles. The summed E-state index contributed by atoms with van der Waals surface area (Å²) in [5, 5.41) is 9.90. The third-order valence-electron chi connectivity index (χ3n) is 6.06. The molecule has 0 bridgehead atoms. The van der Waals surface area contributed by atoms with Crippen molar-refractivity contribution in [3.05, 3.63) is 66.4 Å². The van der Waals surface area contributed by atoms with Crippen molar-refractivity contribution in [2.45, 2.75) is 19.8 Å². The first-order chi connectivity index (χ1) is 16.5. The number of anilines is 2. The molecule has 4 aromatic rings. The summed E-state index contributed by atoms with van der Waals surface area (Å²) in [4.78, 5) is 34.1. The molecule has 0 spiro atoms. The lowest BCUT2D eigenvalue weighted by atomic mass is 9.87. The third-order valence-corrected chi connectivity index (χ3v) is 6.06. The van der Waals surface area contributed by atoms with Crippen molar-refractivity contribution in [1.29, 1.82) is 0 Å². The Morgan fingerprint density at radius 2 is 1.79 bits per heavy atom. The summed E-state index contributed by atoms with van der Waals surface area (Å²) in [5.74, 6) is 1.65. The lowest BCUT2D eigenvalue weighted by Crippen LogP contribution is -2.19. The van der Waals surface area contributed by atoms with E-state index in [4.69, 9.17) is 0 Å². The SMILES string of the molecule is CNC(=O)c1ccnc2c(C(C)[C@H](C)CNc3cc(-c4cnc(NC)nc4)ncn3)cccc12. The fraction of sp³-hybridized carbons (Fsp3) is 0.280. The molecule has 0 saturated heterocycles. The molecule has 0 fully saturated rings. The predicted molar refractivity (Wildman–Crippen MR) is 134 cm³/mol. The highest BCUT2D eigenvalue weighted by Gasteiger charge is 2.19. The maximum atomic E-state index is 12.3. The molecule has 174 valence electrons. The van der Waals surface area contributed by atoms with Gasteiger partial charge in [-0.05, 0) is 23.5 Å². The Balaban J connectivity index is 1.50. The van der Waals surface area contributed by atoms with Gasteiger partial charge in [0.1, 0.15) is 12.1 Å². The van der Waals surface area contributed by atoms with Crippen molar-refractivity contribution in [3.8, 4) is 11.3 Å². The fourth-order valence-corrected chi connectivity index (χ4v) is 3.85. The monoisotopic (exact) mass is 456 g/mol. The number of nitrogens with one attached hydrogen (secondary N) is 3. The van der Waals surface area contributed by atoms with Gasteiger partial charge in [-0.15, -0.1) is 0 Å². The Morgan fingerprint density at radius 1 is 1.00 bits per heavy atom. The van der Waals surface area contributed by atoms with Gasteiger partial charge >= 0.3 is 0 Å². The minimum atomic E-state index is -0.113. The molecule has 1 unspecified atom stereocenters. The van der Waals surface area contributed by atoms with Crippen LogP contribution in [-0.4, -0.2) is 51.5 Å². The minimum absolute atomic E-state index is 0.113. The van der Waals surface area contributed by atoms with Crippen molar-refractivity contribution < 1.29 is 4.79 Å². The van der Waals surface area contributed by atoms with Gasteiger partial charge in [0.2, 0.25) is 5.95 Å². The van der Waals surface area contributed by atoms with Gasteiger partial charge in [0, 0.05) is 56.2 Å². The van der Waals surface area contributed by atoms with Crippen LogP contribution in [-0.2, 0) is 0 Å². The van der Waals surface area contributed by atoms with Crippen molar-refractivity contribution in [3.63, 3.8) is 0 Å². The average Bonchev–Trinajstić information content (AvgIpc) is 2.90. The zero-order valence-electron chi connectivity index (χ0n) is 19.7. The number of nitrogens with zero attached hydrogens (tertiary/aromatic N) is 5. The predicted octanol–water partition coefficient (Wildman–Crippen LogP) is 3.73. The Kier molecular flexibility index (Phi) is 6.91. The van der Waals surface area contributed by atoms with Crippen molar-refractivity contribution >= 4 is 28.6 Å². The van der Waals surface area contributed by atoms with E-state index in [9.17, 15) is 4.79 Å². The van der Waals surface area contributed by atoms with Gasteiger partial charge in [-0.2, -0.15) is 0 Å². The van der Waals surface area contributed by atoms with E-state index in [1.165, 1.54) is 6.33 Å². The summed E-state index contributed by atoms with van der Waals surface area (Å²) in [6.45, 7) is 5.07. The molecule has 0 saturated carbocycles. The van der Waals surface area contributed by atoms with E-state index in [1.54, 1.807) is 38.8 Å². The van der Waals surface area contributed by atoms with Crippen LogP contribution in [0.25, 0.3) is 22.2 Å². The summed E-state index contributed by atoms with van der Waals surface area (Å²) < 4.78 is 0. The van der Waals surface area contributed by atoms with Gasteiger partial charge in [-0.3, -0.25) is 9.78 Å². The second kappa shape index (κ2) is 10.2. The molecule has 1 amide bonds. The number of hydrogen-bond acceptors (Lipinski definition) is 8. The molecule has 9 heteroatoms. The number of carbonyl (C=O) groups is 1. The number of fused-ring (bicyclic) bond motifs is 1. The van der Waals surface area contributed by atoms with E-state index >= 15 is 0 Å². The summed E-state index contributed by atoms with van der Waals surface area (Å²) in [6.07, 6.45) is 6.69. The number of aromatic nitrogens is 5. The Bertz CT molecular complexity index is 1290. The van der Waals surface area contributed by atoms with Gasteiger partial charge in [0.25, 0.3) is 5.91 Å². The van der Waals surface area contributed by atoms with Gasteiger partial charge < -0.3 is 16.0 Å². The number of para-hydroxylation sites is 1. The highest BCUT2D eigenvalue weighted by Crippen LogP contribution is 2.31. The summed E-state index contributed by atoms with van der Waals surface area (Å²) in [6, 6.07) is 9.67. The summed E-state index contributed by atoms with van der Waals surface area (Å²) in [7, 11) is 3.41. The Labute approximate surface area is 198 Å². The number of benzene rings is 1. The number of pyridine rings is 1. The van der Waals surface area contributed by atoms with E-state index in [0.717, 1.165) is 33.5 Å². The summed E-state index contributed by atoms with van der Waals surface area (Å²) >= 11 is 0. The van der Waals surface area contributed by atoms with E-state index in [0.29, 0.717) is 18.1 Å². The van der Waals surface area contributed by atoms with E-state index in [2.05, 4.69) is 60.8 Å². The first-order valence-corrected chi connectivity index (χ1v) is 11.2. The van der Waals surface area contributed by atoms with Crippen molar-refractivity contribution in [2.24, 2.45) is 5.92 Å². The molecule has 9 nitrogen and oxygen atoms in total. The average molecular weight is 457 g/mol. The van der Waals surface area contributed by atoms with Crippen LogP contribution in [0.3, 0.4) is 0 Å². The normalized spacial score (nSPS) is 12.7. The molecule has 0 aliphatic heterocycles. The Morgan fingerprint density at radius 3 is 2.53 bits per heavy atom. The first-order valence-electron chi connectivity index (χ1n) is 11.2. The molecule has 3 N–H and O–H groups in total. The topological polar surface area (TPSA) is 118 Å². The lowest BCUT2D eigenvalue weighted by Gasteiger charge is -2.22. The quantitative estimate of drug-likeness (QED) is 0.367. The smallest absolute Gasteiger partial charge is 0.251 e. The number of amides is 1. The molecular formula is C25H28N8O. The Hall–Kier alpha value is -4.14. The molecule has 0 aliphatic carbocycles. The molecule has 34 heavy (non-hydrogen) atoms. The van der Waals surface area contributed by atoms with E-state index in [-0.39, 0.29) is 17.7 Å². The van der Waals surface area contributed by atoms with Gasteiger partial charge in [-0.25, -0.2) is 19.9 Å². The highest BCUT2D eigenvalue weighted by molar-refractivity contribution is 6.06. The first kappa shape index (κ1) is 23.0.